The van der Waals surface area contributed by atoms with Crippen LogP contribution in [-0.4, -0.2) is 24.5 Å². The molecule has 1 saturated heterocycles. The molecule has 2 rings (SSSR count). The molecule has 0 aromatic heterocycles. The number of carbonyl (C=O) groups is 3. The number of carboxylic acid groups (broad SMARTS) is 1. The van der Waals surface area contributed by atoms with Gasteiger partial charge in [0.1, 0.15) is 18.1 Å². The van der Waals surface area contributed by atoms with Gasteiger partial charge in [0, 0.05) is 0 Å². The highest BCUT2D eigenvalue weighted by molar-refractivity contribution is 6.32. The Kier molecular flexibility index (Phi) is 3.90. The molecular formula is C12H8ClN2O5-. The minimum absolute atomic E-state index is 0.0921. The monoisotopic (exact) mass is 295 g/mol. The first-order valence-corrected chi connectivity index (χ1v) is 5.80. The summed E-state index contributed by atoms with van der Waals surface area (Å²) in [7, 11) is 0. The van der Waals surface area contributed by atoms with Gasteiger partial charge >= 0.3 is 6.03 Å². The first-order chi connectivity index (χ1) is 9.45. The molecule has 0 unspecified atom stereocenters. The van der Waals surface area contributed by atoms with Crippen LogP contribution in [0.25, 0.3) is 6.08 Å². The lowest BCUT2D eigenvalue weighted by molar-refractivity contribution is -0.307. The van der Waals surface area contributed by atoms with Crippen molar-refractivity contribution < 1.29 is 24.2 Å². The Labute approximate surface area is 118 Å². The van der Waals surface area contributed by atoms with E-state index in [1.807, 2.05) is 0 Å². The molecule has 1 aromatic carbocycles. The zero-order chi connectivity index (χ0) is 14.7. The van der Waals surface area contributed by atoms with E-state index in [1.165, 1.54) is 18.2 Å². The Bertz CT molecular complexity index is 626. The molecule has 3 amide bonds. The molecule has 1 fully saturated rings. The highest BCUT2D eigenvalue weighted by Gasteiger charge is 2.22. The quantitative estimate of drug-likeness (QED) is 0.583. The fourth-order valence-electron chi connectivity index (χ4n) is 1.51. The fraction of sp³-hybridized carbons (Fsp3) is 0.0833. The molecule has 0 bridgehead atoms. The number of carbonyl (C=O) groups excluding carboxylic acids is 3. The Morgan fingerprint density at radius 1 is 1.35 bits per heavy atom. The maximum absolute atomic E-state index is 11.3. The van der Waals surface area contributed by atoms with Crippen molar-refractivity contribution in [2.75, 3.05) is 6.61 Å². The van der Waals surface area contributed by atoms with E-state index < -0.39 is 24.5 Å². The minimum atomic E-state index is -1.36. The van der Waals surface area contributed by atoms with Crippen LogP contribution >= 0.6 is 11.6 Å². The predicted octanol–water partition coefficient (Wildman–Crippen LogP) is -0.351. The molecule has 8 heteroatoms. The maximum atomic E-state index is 11.3. The lowest BCUT2D eigenvalue weighted by atomic mass is 10.2. The summed E-state index contributed by atoms with van der Waals surface area (Å²) < 4.78 is 4.90. The number of benzene rings is 1. The van der Waals surface area contributed by atoms with Crippen molar-refractivity contribution in [1.82, 2.24) is 10.6 Å². The molecule has 0 spiro atoms. The van der Waals surface area contributed by atoms with Crippen molar-refractivity contribution in [3.8, 4) is 5.75 Å². The minimum Gasteiger partial charge on any atom is -0.546 e. The zero-order valence-corrected chi connectivity index (χ0v) is 10.7. The number of ether oxygens (including phenoxy) is 1. The molecule has 20 heavy (non-hydrogen) atoms. The standard InChI is InChI=1S/C12H9ClN2O5/c13-7-3-6(1-2-9(7)20-5-10(16)17)4-8-11(18)15-12(19)14-8/h1-4H,5H2,(H,16,17)(H2,14,15,18,19)/p-1/b8-4+. The van der Waals surface area contributed by atoms with Gasteiger partial charge in [-0.25, -0.2) is 4.79 Å². The predicted molar refractivity (Wildman–Crippen MR) is 66.6 cm³/mol. The molecule has 0 atom stereocenters. The molecule has 0 radical (unpaired) electrons. The summed E-state index contributed by atoms with van der Waals surface area (Å²) in [5, 5.41) is 14.8. The van der Waals surface area contributed by atoms with Crippen LogP contribution in [0.15, 0.2) is 23.9 Å². The Morgan fingerprint density at radius 2 is 2.10 bits per heavy atom. The first kappa shape index (κ1) is 13.9. The molecule has 1 aromatic rings. The Hall–Kier alpha value is -2.54. The topological polar surface area (TPSA) is 108 Å². The average Bonchev–Trinajstić information content (AvgIpc) is 2.66. The number of urea groups is 1. The van der Waals surface area contributed by atoms with Crippen LogP contribution in [0.2, 0.25) is 5.02 Å². The van der Waals surface area contributed by atoms with E-state index in [-0.39, 0.29) is 16.5 Å². The Balaban J connectivity index is 2.17. The van der Waals surface area contributed by atoms with Crippen LogP contribution in [0, 0.1) is 0 Å². The van der Waals surface area contributed by atoms with Crippen LogP contribution in [0.4, 0.5) is 4.79 Å². The molecule has 7 nitrogen and oxygen atoms in total. The third-order valence-corrected chi connectivity index (χ3v) is 2.63. The van der Waals surface area contributed by atoms with Crippen molar-refractivity contribution in [3.05, 3.63) is 34.5 Å². The van der Waals surface area contributed by atoms with Crippen LogP contribution in [0.1, 0.15) is 5.56 Å². The first-order valence-electron chi connectivity index (χ1n) is 5.42. The average molecular weight is 296 g/mol. The molecule has 1 heterocycles. The molecule has 104 valence electrons. The van der Waals surface area contributed by atoms with Crippen LogP contribution in [0.3, 0.4) is 0 Å². The van der Waals surface area contributed by atoms with Crippen LogP contribution in [0.5, 0.6) is 5.75 Å². The van der Waals surface area contributed by atoms with Crippen molar-refractivity contribution in [2.24, 2.45) is 0 Å². The van der Waals surface area contributed by atoms with E-state index in [4.69, 9.17) is 16.3 Å². The van der Waals surface area contributed by atoms with Crippen LogP contribution < -0.4 is 20.5 Å². The van der Waals surface area contributed by atoms with E-state index in [1.54, 1.807) is 6.07 Å². The number of halogens is 1. The third kappa shape index (κ3) is 3.27. The van der Waals surface area contributed by atoms with Gasteiger partial charge in [-0.1, -0.05) is 17.7 Å². The third-order valence-electron chi connectivity index (χ3n) is 2.33. The molecule has 0 saturated carbocycles. The van der Waals surface area contributed by atoms with Gasteiger partial charge in [0.25, 0.3) is 5.91 Å². The number of rotatable bonds is 4. The number of hydrogen-bond donors (Lipinski definition) is 2. The maximum Gasteiger partial charge on any atom is 0.326 e. The number of amides is 3. The number of nitrogens with one attached hydrogen (secondary N) is 2. The zero-order valence-electron chi connectivity index (χ0n) is 9.94. The van der Waals surface area contributed by atoms with Crippen LogP contribution in [-0.2, 0) is 9.59 Å². The van der Waals surface area contributed by atoms with Gasteiger partial charge in [0.15, 0.2) is 0 Å². The number of hydrogen-bond acceptors (Lipinski definition) is 5. The fourth-order valence-corrected chi connectivity index (χ4v) is 1.75. The van der Waals surface area contributed by atoms with Crippen molar-refractivity contribution in [3.63, 3.8) is 0 Å². The highest BCUT2D eigenvalue weighted by Crippen LogP contribution is 2.26. The van der Waals surface area contributed by atoms with E-state index >= 15 is 0 Å². The second-order valence-corrected chi connectivity index (χ2v) is 4.22. The van der Waals surface area contributed by atoms with Gasteiger partial charge in [0.2, 0.25) is 0 Å². The van der Waals surface area contributed by atoms with E-state index in [0.29, 0.717) is 5.56 Å². The molecule has 0 aliphatic carbocycles. The molecule has 1 aliphatic heterocycles. The van der Waals surface area contributed by atoms with Gasteiger partial charge < -0.3 is 20.0 Å². The van der Waals surface area contributed by atoms with E-state index in [0.717, 1.165) is 0 Å². The van der Waals surface area contributed by atoms with Crippen molar-refractivity contribution in [2.45, 2.75) is 0 Å². The second-order valence-electron chi connectivity index (χ2n) is 3.82. The van der Waals surface area contributed by atoms with Gasteiger partial charge in [-0.15, -0.1) is 0 Å². The number of carboxylic acids is 1. The van der Waals surface area contributed by atoms with Gasteiger partial charge in [-0.05, 0) is 23.8 Å². The van der Waals surface area contributed by atoms with Crippen molar-refractivity contribution in [1.29, 1.82) is 0 Å². The highest BCUT2D eigenvalue weighted by atomic mass is 35.5. The molecule has 2 N–H and O–H groups in total. The summed E-state index contributed by atoms with van der Waals surface area (Å²) in [4.78, 5) is 32.5. The lowest BCUT2D eigenvalue weighted by Gasteiger charge is -2.08. The van der Waals surface area contributed by atoms with Gasteiger partial charge in [-0.3, -0.25) is 10.1 Å². The summed E-state index contributed by atoms with van der Waals surface area (Å²) in [6, 6.07) is 3.88. The summed E-state index contributed by atoms with van der Waals surface area (Å²) in [6.07, 6.45) is 1.43. The Morgan fingerprint density at radius 3 is 2.65 bits per heavy atom. The normalized spacial score (nSPS) is 15.9. The van der Waals surface area contributed by atoms with Crippen molar-refractivity contribution >= 4 is 35.6 Å². The van der Waals surface area contributed by atoms with E-state index in [9.17, 15) is 19.5 Å². The van der Waals surface area contributed by atoms with E-state index in [2.05, 4.69) is 10.6 Å². The van der Waals surface area contributed by atoms with Gasteiger partial charge in [-0.2, -0.15) is 0 Å². The lowest BCUT2D eigenvalue weighted by Crippen LogP contribution is -2.28. The molecular weight excluding hydrogens is 288 g/mol. The number of imide groups is 1. The summed E-state index contributed by atoms with van der Waals surface area (Å²) >= 11 is 5.91. The second kappa shape index (κ2) is 5.62. The molecule has 1 aliphatic rings. The smallest absolute Gasteiger partial charge is 0.326 e. The summed E-state index contributed by atoms with van der Waals surface area (Å²) in [5.41, 5.74) is 0.637. The summed E-state index contributed by atoms with van der Waals surface area (Å²) in [6.45, 7) is -0.612. The SMILES string of the molecule is O=C([O-])COc1ccc(/C=C2/NC(=O)NC2=O)cc1Cl. The number of aliphatic carboxylic acids is 1. The summed E-state index contributed by atoms with van der Waals surface area (Å²) in [5.74, 6) is -1.72. The van der Waals surface area contributed by atoms with Gasteiger partial charge in [0.05, 0.1) is 11.0 Å². The largest absolute Gasteiger partial charge is 0.546 e.